The van der Waals surface area contributed by atoms with Gasteiger partial charge in [0.05, 0.1) is 0 Å². The van der Waals surface area contributed by atoms with Crippen molar-refractivity contribution in [3.8, 4) is 23.0 Å². The molecular formula is C50H76N4O4Pt2. The van der Waals surface area contributed by atoms with Crippen LogP contribution in [-0.4, -0.2) is 73.5 Å². The van der Waals surface area contributed by atoms with Crippen molar-refractivity contribution < 1.29 is 62.6 Å². The third-order valence-corrected chi connectivity index (χ3v) is 8.23. The third kappa shape index (κ3) is 37.2. The zero-order chi connectivity index (χ0) is 43.5. The first-order valence-electron chi connectivity index (χ1n) is 21.0. The van der Waals surface area contributed by atoms with Gasteiger partial charge < -0.3 is 20.4 Å². The number of rotatable bonds is 16. The normalized spacial score (nSPS) is 10.0. The SMILES string of the molecule is CCCCCCCCC.CCCCCCCCC.CN=Cc1ccccc1O.CN=Cc1ccccc1O.CN=Cc1ccccc1O.CN=Cc1ccccc1O.[Pt].[Pt]. The molecule has 4 aromatic rings. The molecule has 8 nitrogen and oxygen atoms in total. The first-order valence-corrected chi connectivity index (χ1v) is 21.0. The monoisotopic (exact) mass is 1190 g/mol. The van der Waals surface area contributed by atoms with Gasteiger partial charge in [0.2, 0.25) is 0 Å². The Morgan fingerprint density at radius 2 is 0.483 bits per heavy atom. The number of aliphatic imine (C=N–C) groups is 4. The van der Waals surface area contributed by atoms with Gasteiger partial charge in [0.1, 0.15) is 23.0 Å². The molecule has 0 aliphatic rings. The zero-order valence-corrected chi connectivity index (χ0v) is 42.2. The van der Waals surface area contributed by atoms with E-state index in [9.17, 15) is 0 Å². The van der Waals surface area contributed by atoms with Crippen LogP contribution in [0.5, 0.6) is 23.0 Å². The van der Waals surface area contributed by atoms with Crippen molar-refractivity contribution in [1.29, 1.82) is 0 Å². The first kappa shape index (κ1) is 62.8. The van der Waals surface area contributed by atoms with Crippen molar-refractivity contribution in [3.05, 3.63) is 119 Å². The molecule has 0 aliphatic carbocycles. The minimum Gasteiger partial charge on any atom is -0.507 e. The molecular weight excluding hydrogens is 1110 g/mol. The summed E-state index contributed by atoms with van der Waals surface area (Å²) in [7, 11) is 6.69. The van der Waals surface area contributed by atoms with E-state index >= 15 is 0 Å². The Labute approximate surface area is 393 Å². The Bertz CT molecular complexity index is 1410. The fourth-order valence-electron chi connectivity index (χ4n) is 5.00. The van der Waals surface area contributed by atoms with Crippen molar-refractivity contribution in [2.45, 2.75) is 118 Å². The number of phenolic OH excluding ortho intramolecular Hbond substituents is 4. The molecule has 0 aliphatic heterocycles. The first-order chi connectivity index (χ1) is 28.2. The molecule has 0 aromatic heterocycles. The molecule has 4 N–H and O–H groups in total. The Kier molecular flexibility index (Phi) is 50.0. The van der Waals surface area contributed by atoms with Crippen LogP contribution in [0.25, 0.3) is 0 Å². The van der Waals surface area contributed by atoms with Gasteiger partial charge >= 0.3 is 0 Å². The van der Waals surface area contributed by atoms with Crippen LogP contribution in [-0.2, 0) is 42.1 Å². The van der Waals surface area contributed by atoms with Gasteiger partial charge in [-0.15, -0.1) is 0 Å². The summed E-state index contributed by atoms with van der Waals surface area (Å²) in [4.78, 5) is 15.1. The molecule has 0 heterocycles. The van der Waals surface area contributed by atoms with E-state index in [2.05, 4.69) is 47.7 Å². The molecule has 0 unspecified atom stereocenters. The van der Waals surface area contributed by atoms with Gasteiger partial charge in [-0.1, -0.05) is 166 Å². The van der Waals surface area contributed by atoms with Gasteiger partial charge in [-0.25, -0.2) is 0 Å². The number of para-hydroxylation sites is 4. The summed E-state index contributed by atoms with van der Waals surface area (Å²) >= 11 is 0. The average Bonchev–Trinajstić information content (AvgIpc) is 3.23. The molecule has 10 heteroatoms. The van der Waals surface area contributed by atoms with Crippen LogP contribution in [0.3, 0.4) is 0 Å². The largest absolute Gasteiger partial charge is 0.507 e. The minimum absolute atomic E-state index is 0. The molecule has 4 rings (SSSR count). The molecule has 0 fully saturated rings. The van der Waals surface area contributed by atoms with Crippen LogP contribution in [0.2, 0.25) is 0 Å². The maximum atomic E-state index is 9.15. The van der Waals surface area contributed by atoms with Gasteiger partial charge in [0, 0.05) is 117 Å². The average molecular weight is 1190 g/mol. The van der Waals surface area contributed by atoms with Crippen molar-refractivity contribution in [2.24, 2.45) is 20.0 Å². The van der Waals surface area contributed by atoms with Crippen molar-refractivity contribution in [3.63, 3.8) is 0 Å². The van der Waals surface area contributed by atoms with E-state index in [1.54, 1.807) is 102 Å². The van der Waals surface area contributed by atoms with Crippen LogP contribution in [0.1, 0.15) is 140 Å². The molecule has 0 saturated heterocycles. The van der Waals surface area contributed by atoms with Crippen LogP contribution >= 0.6 is 0 Å². The van der Waals surface area contributed by atoms with Gasteiger partial charge in [0.15, 0.2) is 0 Å². The van der Waals surface area contributed by atoms with Crippen LogP contribution in [0.15, 0.2) is 117 Å². The van der Waals surface area contributed by atoms with Gasteiger partial charge in [-0.2, -0.15) is 0 Å². The standard InChI is InChI=1S/2C9H20.4C8H9NO.2Pt/c2*1-3-5-7-9-8-6-4-2;4*1-9-6-7-4-2-3-5-8(7)10;;/h2*3-9H2,1-2H3;4*2-6,10H,1H3;;. The maximum absolute atomic E-state index is 9.15. The minimum atomic E-state index is 0. The molecule has 0 atom stereocenters. The van der Waals surface area contributed by atoms with Crippen LogP contribution < -0.4 is 0 Å². The number of hydrogen-bond donors (Lipinski definition) is 4. The fraction of sp³-hybridized carbons (Fsp3) is 0.440. The Morgan fingerprint density at radius 1 is 0.317 bits per heavy atom. The fourth-order valence-corrected chi connectivity index (χ4v) is 5.00. The number of aromatic hydroxyl groups is 4. The predicted octanol–water partition coefficient (Wildman–Crippen LogP) is 13.3. The second-order valence-corrected chi connectivity index (χ2v) is 13.3. The summed E-state index contributed by atoms with van der Waals surface area (Å²) in [5.74, 6) is 1.09. The smallest absolute Gasteiger partial charge is 0.124 e. The molecule has 4 aromatic carbocycles. The van der Waals surface area contributed by atoms with E-state index in [-0.39, 0.29) is 65.1 Å². The van der Waals surface area contributed by atoms with E-state index in [0.717, 1.165) is 22.3 Å². The Hall–Kier alpha value is -3.86. The number of benzene rings is 4. The molecule has 0 radical (unpaired) electrons. The number of unbranched alkanes of at least 4 members (excludes halogenated alkanes) is 12. The molecule has 0 bridgehead atoms. The van der Waals surface area contributed by atoms with E-state index in [0.29, 0.717) is 0 Å². The predicted molar refractivity (Wildman–Crippen MR) is 254 cm³/mol. The van der Waals surface area contributed by atoms with E-state index in [4.69, 9.17) is 20.4 Å². The summed E-state index contributed by atoms with van der Waals surface area (Å²) in [5.41, 5.74) is 3.02. The number of nitrogens with zero attached hydrogens (tertiary/aromatic N) is 4. The Morgan fingerprint density at radius 3 is 0.633 bits per heavy atom. The van der Waals surface area contributed by atoms with E-state index in [1.165, 1.54) is 89.9 Å². The molecule has 60 heavy (non-hydrogen) atoms. The van der Waals surface area contributed by atoms with Crippen molar-refractivity contribution in [1.82, 2.24) is 0 Å². The number of phenols is 4. The van der Waals surface area contributed by atoms with Gasteiger partial charge in [-0.05, 0) is 48.5 Å². The van der Waals surface area contributed by atoms with Gasteiger partial charge in [0.25, 0.3) is 0 Å². The summed E-state index contributed by atoms with van der Waals surface area (Å²) in [6, 6.07) is 28.3. The third-order valence-electron chi connectivity index (χ3n) is 8.23. The summed E-state index contributed by atoms with van der Waals surface area (Å²) in [6.07, 6.45) is 26.4. The van der Waals surface area contributed by atoms with E-state index in [1.807, 2.05) is 48.5 Å². The topological polar surface area (TPSA) is 130 Å². The molecule has 0 amide bonds. The second-order valence-electron chi connectivity index (χ2n) is 13.3. The summed E-state index contributed by atoms with van der Waals surface area (Å²) in [5, 5.41) is 36.6. The second kappa shape index (κ2) is 47.8. The molecule has 0 saturated carbocycles. The quantitative estimate of drug-likeness (QED) is 0.0657. The van der Waals surface area contributed by atoms with Crippen LogP contribution in [0, 0.1) is 0 Å². The number of hydrogen-bond acceptors (Lipinski definition) is 8. The molecule has 340 valence electrons. The molecule has 0 spiro atoms. The van der Waals surface area contributed by atoms with Crippen molar-refractivity contribution in [2.75, 3.05) is 28.2 Å². The van der Waals surface area contributed by atoms with E-state index < -0.39 is 0 Å². The summed E-state index contributed by atoms with van der Waals surface area (Å²) < 4.78 is 0. The summed E-state index contributed by atoms with van der Waals surface area (Å²) in [6.45, 7) is 9.05. The van der Waals surface area contributed by atoms with Crippen LogP contribution in [0.4, 0.5) is 0 Å². The zero-order valence-electron chi connectivity index (χ0n) is 37.7. The Balaban J connectivity index is -0.000000312. The van der Waals surface area contributed by atoms with Gasteiger partial charge in [-0.3, -0.25) is 20.0 Å². The maximum Gasteiger partial charge on any atom is 0.124 e. The van der Waals surface area contributed by atoms with Crippen molar-refractivity contribution >= 4 is 24.9 Å².